The van der Waals surface area contributed by atoms with Gasteiger partial charge in [0.15, 0.2) is 0 Å². The monoisotopic (exact) mass is 370 g/mol. The second kappa shape index (κ2) is 11.2. The van der Waals surface area contributed by atoms with Gasteiger partial charge >= 0.3 is 0 Å². The van der Waals surface area contributed by atoms with Crippen LogP contribution in [0.25, 0.3) is 0 Å². The van der Waals surface area contributed by atoms with E-state index in [0.29, 0.717) is 24.1 Å². The van der Waals surface area contributed by atoms with Crippen molar-refractivity contribution >= 4 is 40.3 Å². The number of rotatable bonds is 9. The van der Waals surface area contributed by atoms with Gasteiger partial charge in [0.1, 0.15) is 0 Å². The van der Waals surface area contributed by atoms with Crippen molar-refractivity contribution in [1.29, 1.82) is 0 Å². The summed E-state index contributed by atoms with van der Waals surface area (Å²) in [6.45, 7) is 1.36. The molecule has 104 valence electrons. The Morgan fingerprint density at radius 1 is 0.889 bits per heavy atom. The number of alkyl halides is 1. The van der Waals surface area contributed by atoms with Gasteiger partial charge in [0.05, 0.1) is 11.0 Å². The Kier molecular flexibility index (Phi) is 10.6. The highest BCUT2D eigenvalue weighted by Gasteiger charge is 2.03. The maximum absolute atomic E-state index is 11.3. The third-order valence-corrected chi connectivity index (χ3v) is 2.60. The summed E-state index contributed by atoms with van der Waals surface area (Å²) in [5, 5.41) is 10.6. The van der Waals surface area contributed by atoms with Gasteiger partial charge in [-0.3, -0.25) is 14.4 Å². The molecule has 0 atom stereocenters. The highest BCUT2D eigenvalue weighted by Crippen LogP contribution is 1.79. The topological polar surface area (TPSA) is 99.3 Å². The Labute approximate surface area is 120 Å². The van der Waals surface area contributed by atoms with Gasteiger partial charge in [-0.05, 0) is 7.05 Å². The fraction of sp³-hybridized carbons (Fsp3) is 0.700. The van der Waals surface area contributed by atoms with Crippen LogP contribution in [0.15, 0.2) is 0 Å². The highest BCUT2D eigenvalue weighted by atomic mass is 127. The molecule has 0 aliphatic heterocycles. The molecule has 0 aromatic rings. The van der Waals surface area contributed by atoms with Gasteiger partial charge in [0.25, 0.3) is 0 Å². The lowest BCUT2D eigenvalue weighted by molar-refractivity contribution is -0.122. The summed E-state index contributed by atoms with van der Waals surface area (Å²) in [6, 6.07) is 0. The van der Waals surface area contributed by atoms with Crippen LogP contribution in [-0.2, 0) is 14.4 Å². The molecule has 0 aliphatic rings. The van der Waals surface area contributed by atoms with Gasteiger partial charge in [-0.15, -0.1) is 0 Å². The molecule has 7 nitrogen and oxygen atoms in total. The quantitative estimate of drug-likeness (QED) is 0.223. The summed E-state index contributed by atoms with van der Waals surface area (Å²) >= 11 is 1.96. The number of halogens is 1. The van der Waals surface area contributed by atoms with Crippen LogP contribution >= 0.6 is 22.6 Å². The summed E-state index contributed by atoms with van der Waals surface area (Å²) in [5.74, 6) is -0.340. The molecule has 0 aromatic carbocycles. The Morgan fingerprint density at radius 2 is 1.44 bits per heavy atom. The molecular weight excluding hydrogens is 351 g/mol. The summed E-state index contributed by atoms with van der Waals surface area (Å²) < 4.78 is 0.406. The van der Waals surface area contributed by atoms with Crippen molar-refractivity contribution in [2.45, 2.75) is 6.42 Å². The molecular formula is C10H19IN4O3. The number of carbonyl (C=O) groups is 3. The molecule has 8 heteroatoms. The molecule has 0 fully saturated rings. The molecule has 0 spiro atoms. The minimum absolute atomic E-state index is 0.0517. The number of hydrogen-bond donors (Lipinski definition) is 4. The van der Waals surface area contributed by atoms with Crippen molar-refractivity contribution in [2.75, 3.05) is 37.7 Å². The van der Waals surface area contributed by atoms with Gasteiger partial charge in [0.2, 0.25) is 17.7 Å². The van der Waals surface area contributed by atoms with E-state index < -0.39 is 0 Å². The first-order valence-corrected chi connectivity index (χ1v) is 7.13. The Bertz CT molecular complexity index is 286. The van der Waals surface area contributed by atoms with Crippen LogP contribution in [0.5, 0.6) is 0 Å². The molecule has 3 amide bonds. The lowest BCUT2D eigenvalue weighted by atomic mass is 10.4. The second-order valence-electron chi connectivity index (χ2n) is 3.46. The first-order chi connectivity index (χ1) is 8.60. The molecule has 0 unspecified atom stereocenters. The zero-order valence-electron chi connectivity index (χ0n) is 10.3. The minimum atomic E-state index is -0.150. The molecule has 0 saturated heterocycles. The van der Waals surface area contributed by atoms with E-state index in [2.05, 4.69) is 21.3 Å². The van der Waals surface area contributed by atoms with Gasteiger partial charge in [0, 0.05) is 26.1 Å². The van der Waals surface area contributed by atoms with Crippen molar-refractivity contribution in [3.8, 4) is 0 Å². The van der Waals surface area contributed by atoms with Crippen molar-refractivity contribution in [2.24, 2.45) is 0 Å². The molecule has 0 saturated carbocycles. The van der Waals surface area contributed by atoms with Gasteiger partial charge in [-0.2, -0.15) is 0 Å². The summed E-state index contributed by atoms with van der Waals surface area (Å²) in [6.07, 6.45) is 0.232. The summed E-state index contributed by atoms with van der Waals surface area (Å²) in [7, 11) is 1.68. The Morgan fingerprint density at radius 3 is 2.00 bits per heavy atom. The van der Waals surface area contributed by atoms with Crippen LogP contribution in [0.4, 0.5) is 0 Å². The van der Waals surface area contributed by atoms with E-state index in [-0.39, 0.29) is 30.7 Å². The number of hydrogen-bond acceptors (Lipinski definition) is 4. The van der Waals surface area contributed by atoms with E-state index in [9.17, 15) is 14.4 Å². The van der Waals surface area contributed by atoms with Crippen LogP contribution in [0.1, 0.15) is 6.42 Å². The van der Waals surface area contributed by atoms with Gasteiger partial charge in [-0.1, -0.05) is 22.6 Å². The average molecular weight is 370 g/mol. The second-order valence-corrected chi connectivity index (χ2v) is 4.23. The van der Waals surface area contributed by atoms with Crippen LogP contribution in [0, 0.1) is 0 Å². The molecule has 4 N–H and O–H groups in total. The predicted octanol–water partition coefficient (Wildman–Crippen LogP) is -1.62. The van der Waals surface area contributed by atoms with Crippen LogP contribution < -0.4 is 21.3 Å². The molecule has 0 radical (unpaired) electrons. The fourth-order valence-corrected chi connectivity index (χ4v) is 1.35. The molecule has 0 aliphatic carbocycles. The number of amides is 3. The van der Waals surface area contributed by atoms with E-state index in [1.165, 1.54) is 0 Å². The lowest BCUT2D eigenvalue weighted by Crippen LogP contribution is -2.37. The van der Waals surface area contributed by atoms with Crippen LogP contribution in [0.2, 0.25) is 0 Å². The van der Waals surface area contributed by atoms with Gasteiger partial charge < -0.3 is 21.3 Å². The van der Waals surface area contributed by atoms with E-state index >= 15 is 0 Å². The molecule has 0 heterocycles. The third kappa shape index (κ3) is 10.3. The number of nitrogens with one attached hydrogen (secondary N) is 4. The van der Waals surface area contributed by atoms with Crippen LogP contribution in [-0.4, -0.2) is 55.4 Å². The SMILES string of the molecule is CNCC(=O)NCCC(=O)NCCNC(=O)CI. The maximum Gasteiger partial charge on any atom is 0.233 e. The number of likely N-dealkylation sites (N-methyl/N-ethyl adjacent to an activating group) is 1. The van der Waals surface area contributed by atoms with Crippen LogP contribution in [0.3, 0.4) is 0 Å². The molecule has 18 heavy (non-hydrogen) atoms. The largest absolute Gasteiger partial charge is 0.354 e. The fourth-order valence-electron chi connectivity index (χ4n) is 1.08. The Hall–Kier alpha value is -0.900. The van der Waals surface area contributed by atoms with E-state index in [1.54, 1.807) is 7.05 Å². The van der Waals surface area contributed by atoms with Crippen molar-refractivity contribution in [1.82, 2.24) is 21.3 Å². The normalized spacial score (nSPS) is 9.67. The van der Waals surface area contributed by atoms with Crippen molar-refractivity contribution < 1.29 is 14.4 Å². The molecule has 0 bridgehead atoms. The standard InChI is InChI=1S/C10H19IN4O3/c1-12-7-10(18)13-3-2-8(16)14-4-5-15-9(17)6-11/h12H,2-7H2,1H3,(H,13,18)(H,14,16)(H,15,17). The number of carbonyl (C=O) groups excluding carboxylic acids is 3. The van der Waals surface area contributed by atoms with Crippen molar-refractivity contribution in [3.63, 3.8) is 0 Å². The van der Waals surface area contributed by atoms with E-state index in [1.807, 2.05) is 22.6 Å². The molecule has 0 aromatic heterocycles. The smallest absolute Gasteiger partial charge is 0.233 e. The minimum Gasteiger partial charge on any atom is -0.354 e. The molecule has 0 rings (SSSR count). The van der Waals surface area contributed by atoms with E-state index in [4.69, 9.17) is 0 Å². The zero-order chi connectivity index (χ0) is 13.8. The summed E-state index contributed by atoms with van der Waals surface area (Å²) in [4.78, 5) is 33.2. The lowest BCUT2D eigenvalue weighted by Gasteiger charge is -2.07. The summed E-state index contributed by atoms with van der Waals surface area (Å²) in [5.41, 5.74) is 0. The Balaban J connectivity index is 3.43. The highest BCUT2D eigenvalue weighted by molar-refractivity contribution is 14.1. The zero-order valence-corrected chi connectivity index (χ0v) is 12.5. The first-order valence-electron chi connectivity index (χ1n) is 5.60. The van der Waals surface area contributed by atoms with Crippen molar-refractivity contribution in [3.05, 3.63) is 0 Å². The predicted molar refractivity (Wildman–Crippen MR) is 76.5 cm³/mol. The first kappa shape index (κ1) is 17.1. The average Bonchev–Trinajstić information content (AvgIpc) is 2.34. The van der Waals surface area contributed by atoms with E-state index in [0.717, 1.165) is 0 Å². The maximum atomic E-state index is 11.3. The third-order valence-electron chi connectivity index (χ3n) is 1.90. The van der Waals surface area contributed by atoms with Gasteiger partial charge in [-0.25, -0.2) is 0 Å².